The van der Waals surface area contributed by atoms with Crippen LogP contribution in [0.5, 0.6) is 0 Å². The van der Waals surface area contributed by atoms with Crippen LogP contribution in [0.2, 0.25) is 0 Å². The summed E-state index contributed by atoms with van der Waals surface area (Å²) in [5.74, 6) is -0.148. The molecule has 0 amide bonds. The summed E-state index contributed by atoms with van der Waals surface area (Å²) in [4.78, 5) is 0. The van der Waals surface area contributed by atoms with Gasteiger partial charge < -0.3 is 0 Å². The second-order valence-electron chi connectivity index (χ2n) is 6.02. The number of benzene rings is 1. The molecule has 0 bridgehead atoms. The summed E-state index contributed by atoms with van der Waals surface area (Å²) >= 11 is 0. The van der Waals surface area contributed by atoms with Crippen molar-refractivity contribution in [2.24, 2.45) is 0 Å². The van der Waals surface area contributed by atoms with Crippen LogP contribution in [0.4, 0.5) is 0 Å². The van der Waals surface area contributed by atoms with Crippen LogP contribution >= 0.6 is 0 Å². The van der Waals surface area contributed by atoms with Gasteiger partial charge in [-0.3, -0.25) is 4.55 Å². The standard InChI is InChI=1S/C16H22O3S/c1-12-13(8-6-7-11-20(17,18)19)14-9-4-5-10-15(14)16(12,2)3/h4-5,9-10H,6-8,11H2,1-3H3,(H,17,18,19). The smallest absolute Gasteiger partial charge is 0.264 e. The molecule has 0 radical (unpaired) electrons. The Balaban J connectivity index is 2.14. The maximum absolute atomic E-state index is 10.7. The molecule has 1 aliphatic carbocycles. The fourth-order valence-electron chi connectivity index (χ4n) is 2.98. The van der Waals surface area contributed by atoms with Crippen molar-refractivity contribution in [3.8, 4) is 0 Å². The van der Waals surface area contributed by atoms with Crippen molar-refractivity contribution in [1.29, 1.82) is 0 Å². The van der Waals surface area contributed by atoms with Crippen molar-refractivity contribution >= 4 is 15.7 Å². The summed E-state index contributed by atoms with van der Waals surface area (Å²) in [6.07, 6.45) is 2.14. The minimum absolute atomic E-state index is 0.0506. The highest BCUT2D eigenvalue weighted by molar-refractivity contribution is 7.85. The van der Waals surface area contributed by atoms with Gasteiger partial charge in [-0.15, -0.1) is 0 Å². The van der Waals surface area contributed by atoms with Crippen molar-refractivity contribution in [2.45, 2.75) is 45.4 Å². The average molecular weight is 294 g/mol. The molecular weight excluding hydrogens is 272 g/mol. The van der Waals surface area contributed by atoms with E-state index in [2.05, 4.69) is 39.0 Å². The number of hydrogen-bond donors (Lipinski definition) is 1. The zero-order valence-electron chi connectivity index (χ0n) is 12.3. The number of fused-ring (bicyclic) bond motifs is 1. The van der Waals surface area contributed by atoms with Crippen molar-refractivity contribution in [3.63, 3.8) is 0 Å². The third-order valence-electron chi connectivity index (χ3n) is 4.39. The minimum atomic E-state index is -3.83. The van der Waals surface area contributed by atoms with Crippen LogP contribution in [0, 0.1) is 0 Å². The SMILES string of the molecule is CC1=C(CCCCS(=O)(=O)O)c2ccccc2C1(C)C. The van der Waals surface area contributed by atoms with Crippen LogP contribution < -0.4 is 0 Å². The van der Waals surface area contributed by atoms with E-state index in [-0.39, 0.29) is 11.2 Å². The van der Waals surface area contributed by atoms with E-state index >= 15 is 0 Å². The highest BCUT2D eigenvalue weighted by atomic mass is 32.2. The molecule has 2 rings (SSSR count). The molecule has 1 aromatic rings. The molecule has 3 nitrogen and oxygen atoms in total. The molecule has 0 unspecified atom stereocenters. The number of hydrogen-bond acceptors (Lipinski definition) is 2. The molecular formula is C16H22O3S. The van der Waals surface area contributed by atoms with E-state index in [0.29, 0.717) is 6.42 Å². The molecule has 110 valence electrons. The molecule has 4 heteroatoms. The Morgan fingerprint density at radius 1 is 1.15 bits per heavy atom. The highest BCUT2D eigenvalue weighted by Gasteiger charge is 2.34. The van der Waals surface area contributed by atoms with Gasteiger partial charge in [0.25, 0.3) is 10.1 Å². The second kappa shape index (κ2) is 5.34. The van der Waals surface area contributed by atoms with Crippen molar-refractivity contribution in [1.82, 2.24) is 0 Å². The first-order valence-electron chi connectivity index (χ1n) is 6.99. The Bertz CT molecular complexity index is 639. The Hall–Kier alpha value is -1.13. The molecule has 0 aliphatic heterocycles. The van der Waals surface area contributed by atoms with Crippen LogP contribution in [0.25, 0.3) is 5.57 Å². The van der Waals surface area contributed by atoms with Gasteiger partial charge in [0.05, 0.1) is 5.75 Å². The molecule has 0 spiro atoms. The van der Waals surface area contributed by atoms with E-state index < -0.39 is 10.1 Å². The fourth-order valence-corrected chi connectivity index (χ4v) is 3.55. The van der Waals surface area contributed by atoms with E-state index in [4.69, 9.17) is 4.55 Å². The van der Waals surface area contributed by atoms with E-state index in [9.17, 15) is 8.42 Å². The summed E-state index contributed by atoms with van der Waals surface area (Å²) < 4.78 is 30.2. The number of unbranched alkanes of at least 4 members (excludes halogenated alkanes) is 1. The highest BCUT2D eigenvalue weighted by Crippen LogP contribution is 2.47. The zero-order chi connectivity index (χ0) is 15.0. The van der Waals surface area contributed by atoms with Crippen LogP contribution in [-0.4, -0.2) is 18.7 Å². The first-order valence-corrected chi connectivity index (χ1v) is 8.59. The van der Waals surface area contributed by atoms with Crippen molar-refractivity contribution < 1.29 is 13.0 Å². The number of rotatable bonds is 5. The summed E-state index contributed by atoms with van der Waals surface area (Å²) in [5, 5.41) is 0. The summed E-state index contributed by atoms with van der Waals surface area (Å²) in [6.45, 7) is 6.62. The lowest BCUT2D eigenvalue weighted by atomic mass is 9.82. The molecule has 20 heavy (non-hydrogen) atoms. The molecule has 0 heterocycles. The van der Waals surface area contributed by atoms with E-state index in [1.807, 2.05) is 6.07 Å². The largest absolute Gasteiger partial charge is 0.286 e. The van der Waals surface area contributed by atoms with Gasteiger partial charge in [0.2, 0.25) is 0 Å². The Morgan fingerprint density at radius 2 is 1.80 bits per heavy atom. The molecule has 1 N–H and O–H groups in total. The normalized spacial score (nSPS) is 17.4. The van der Waals surface area contributed by atoms with Crippen LogP contribution in [0.3, 0.4) is 0 Å². The van der Waals surface area contributed by atoms with Crippen molar-refractivity contribution in [2.75, 3.05) is 5.75 Å². The summed E-state index contributed by atoms with van der Waals surface area (Å²) in [6, 6.07) is 8.43. The molecule has 0 saturated heterocycles. The molecule has 1 aromatic carbocycles. The van der Waals surface area contributed by atoms with E-state index in [0.717, 1.165) is 12.8 Å². The molecule has 1 aliphatic rings. The maximum Gasteiger partial charge on any atom is 0.264 e. The van der Waals surface area contributed by atoms with Gasteiger partial charge in [-0.05, 0) is 42.9 Å². The molecule has 0 aromatic heterocycles. The second-order valence-corrected chi connectivity index (χ2v) is 7.59. The molecule has 0 saturated carbocycles. The number of allylic oxidation sites excluding steroid dienone is 2. The predicted molar refractivity (Wildman–Crippen MR) is 82.3 cm³/mol. The van der Waals surface area contributed by atoms with Crippen LogP contribution in [0.15, 0.2) is 29.8 Å². The van der Waals surface area contributed by atoms with Crippen LogP contribution in [-0.2, 0) is 15.5 Å². The quantitative estimate of drug-likeness (QED) is 0.663. The Kier molecular flexibility index (Phi) is 4.07. The first-order chi connectivity index (χ1) is 9.23. The predicted octanol–water partition coefficient (Wildman–Crippen LogP) is 3.81. The van der Waals surface area contributed by atoms with E-state index in [1.165, 1.54) is 22.3 Å². The van der Waals surface area contributed by atoms with Gasteiger partial charge in [-0.25, -0.2) is 0 Å². The van der Waals surface area contributed by atoms with Gasteiger partial charge in [-0.2, -0.15) is 8.42 Å². The lowest BCUT2D eigenvalue weighted by Crippen LogP contribution is -2.15. The summed E-state index contributed by atoms with van der Waals surface area (Å²) in [5.41, 5.74) is 5.39. The Morgan fingerprint density at radius 3 is 2.45 bits per heavy atom. The fraction of sp³-hybridized carbons (Fsp3) is 0.500. The van der Waals surface area contributed by atoms with Gasteiger partial charge in [0.1, 0.15) is 0 Å². The van der Waals surface area contributed by atoms with E-state index in [1.54, 1.807) is 0 Å². The van der Waals surface area contributed by atoms with Crippen molar-refractivity contribution in [3.05, 3.63) is 41.0 Å². The Labute approximate surface area is 121 Å². The maximum atomic E-state index is 10.7. The molecule has 0 fully saturated rings. The monoisotopic (exact) mass is 294 g/mol. The average Bonchev–Trinajstić information content (AvgIpc) is 2.54. The van der Waals surface area contributed by atoms with Gasteiger partial charge in [0, 0.05) is 5.41 Å². The van der Waals surface area contributed by atoms with Gasteiger partial charge in [-0.1, -0.05) is 43.7 Å². The third kappa shape index (κ3) is 2.96. The lowest BCUT2D eigenvalue weighted by Gasteiger charge is -2.22. The first kappa shape index (κ1) is 15.3. The topological polar surface area (TPSA) is 54.4 Å². The van der Waals surface area contributed by atoms with Gasteiger partial charge in [0.15, 0.2) is 0 Å². The third-order valence-corrected chi connectivity index (χ3v) is 5.20. The zero-order valence-corrected chi connectivity index (χ0v) is 13.1. The lowest BCUT2D eigenvalue weighted by molar-refractivity contribution is 0.480. The van der Waals surface area contributed by atoms with Crippen LogP contribution in [0.1, 0.15) is 51.2 Å². The summed E-state index contributed by atoms with van der Waals surface area (Å²) in [7, 11) is -3.83. The molecule has 0 atom stereocenters. The minimum Gasteiger partial charge on any atom is -0.286 e. The van der Waals surface area contributed by atoms with Gasteiger partial charge >= 0.3 is 0 Å².